The Kier molecular flexibility index (Phi) is 3.72. The highest BCUT2D eigenvalue weighted by atomic mass is 32.2. The zero-order valence-corrected chi connectivity index (χ0v) is 12.1. The van der Waals surface area contributed by atoms with E-state index in [1.165, 1.54) is 0 Å². The second-order valence-electron chi connectivity index (χ2n) is 4.97. The van der Waals surface area contributed by atoms with E-state index in [-0.39, 0.29) is 23.0 Å². The SMILES string of the molecule is Cc1ccc(S(=O)(=O)CCC2CC2S(=O)(=O)O)cc1. The van der Waals surface area contributed by atoms with E-state index in [0.717, 1.165) is 5.56 Å². The molecule has 5 nitrogen and oxygen atoms in total. The molecule has 106 valence electrons. The Labute approximate surface area is 113 Å². The van der Waals surface area contributed by atoms with Gasteiger partial charge in [-0.05, 0) is 37.8 Å². The van der Waals surface area contributed by atoms with Gasteiger partial charge >= 0.3 is 0 Å². The molecular formula is C12H16O5S2. The van der Waals surface area contributed by atoms with Crippen molar-refractivity contribution < 1.29 is 21.4 Å². The molecule has 0 radical (unpaired) electrons. The van der Waals surface area contributed by atoms with E-state index >= 15 is 0 Å². The van der Waals surface area contributed by atoms with Crippen LogP contribution in [0.1, 0.15) is 18.4 Å². The second-order valence-corrected chi connectivity index (χ2v) is 8.71. The largest absolute Gasteiger partial charge is 0.285 e. The number of sulfone groups is 1. The summed E-state index contributed by atoms with van der Waals surface area (Å²) in [6.45, 7) is 1.87. The van der Waals surface area contributed by atoms with Gasteiger partial charge in [0.15, 0.2) is 9.84 Å². The summed E-state index contributed by atoms with van der Waals surface area (Å²) in [7, 11) is -7.39. The van der Waals surface area contributed by atoms with Gasteiger partial charge in [-0.1, -0.05) is 17.7 Å². The van der Waals surface area contributed by atoms with Crippen LogP contribution >= 0.6 is 0 Å². The van der Waals surface area contributed by atoms with Gasteiger partial charge in [0.05, 0.1) is 15.9 Å². The van der Waals surface area contributed by atoms with Crippen LogP contribution in [0.3, 0.4) is 0 Å². The minimum Gasteiger partial charge on any atom is -0.285 e. The predicted octanol–water partition coefficient (Wildman–Crippen LogP) is 1.44. The minimum atomic E-state index is -4.01. The summed E-state index contributed by atoms with van der Waals surface area (Å²) in [6, 6.07) is 6.56. The van der Waals surface area contributed by atoms with Crippen LogP contribution in [0.5, 0.6) is 0 Å². The Bertz CT molecular complexity index is 659. The first-order chi connectivity index (χ1) is 8.70. The Morgan fingerprint density at radius 1 is 1.16 bits per heavy atom. The molecule has 2 atom stereocenters. The van der Waals surface area contributed by atoms with Crippen LogP contribution in [0.15, 0.2) is 29.2 Å². The maximum Gasteiger partial charge on any atom is 0.268 e. The molecule has 0 aromatic heterocycles. The van der Waals surface area contributed by atoms with Gasteiger partial charge in [-0.2, -0.15) is 8.42 Å². The molecule has 1 aliphatic carbocycles. The molecule has 1 fully saturated rings. The molecule has 0 spiro atoms. The number of hydrogen-bond donors (Lipinski definition) is 1. The van der Waals surface area contributed by atoms with Crippen LogP contribution in [0.2, 0.25) is 0 Å². The number of benzene rings is 1. The van der Waals surface area contributed by atoms with Crippen LogP contribution in [-0.4, -0.2) is 32.4 Å². The van der Waals surface area contributed by atoms with E-state index in [1.807, 2.05) is 6.92 Å². The average Bonchev–Trinajstić information content (AvgIpc) is 3.06. The fourth-order valence-corrected chi connectivity index (χ4v) is 4.57. The highest BCUT2D eigenvalue weighted by Gasteiger charge is 2.46. The van der Waals surface area contributed by atoms with Crippen LogP contribution < -0.4 is 0 Å². The fourth-order valence-electron chi connectivity index (χ4n) is 2.06. The zero-order chi connectivity index (χ0) is 14.3. The van der Waals surface area contributed by atoms with E-state index in [0.29, 0.717) is 6.42 Å². The van der Waals surface area contributed by atoms with Crippen molar-refractivity contribution in [3.8, 4) is 0 Å². The molecule has 0 amide bonds. The van der Waals surface area contributed by atoms with Gasteiger partial charge in [0.1, 0.15) is 0 Å². The van der Waals surface area contributed by atoms with Crippen LogP contribution in [-0.2, 0) is 20.0 Å². The Balaban J connectivity index is 1.98. The van der Waals surface area contributed by atoms with Crippen molar-refractivity contribution >= 4 is 20.0 Å². The van der Waals surface area contributed by atoms with Crippen molar-refractivity contribution in [2.24, 2.45) is 5.92 Å². The summed E-state index contributed by atoms with van der Waals surface area (Å²) in [5.41, 5.74) is 0.979. The number of hydrogen-bond acceptors (Lipinski definition) is 4. The van der Waals surface area contributed by atoms with Gasteiger partial charge < -0.3 is 0 Å². The van der Waals surface area contributed by atoms with Crippen molar-refractivity contribution in [3.05, 3.63) is 29.8 Å². The van der Waals surface area contributed by atoms with Crippen LogP contribution in [0.25, 0.3) is 0 Å². The quantitative estimate of drug-likeness (QED) is 0.831. The smallest absolute Gasteiger partial charge is 0.268 e. The van der Waals surface area contributed by atoms with Crippen molar-refractivity contribution in [1.82, 2.24) is 0 Å². The van der Waals surface area contributed by atoms with E-state index in [2.05, 4.69) is 0 Å². The fraction of sp³-hybridized carbons (Fsp3) is 0.500. The van der Waals surface area contributed by atoms with Gasteiger partial charge in [0.25, 0.3) is 10.1 Å². The molecule has 19 heavy (non-hydrogen) atoms. The van der Waals surface area contributed by atoms with Gasteiger partial charge in [-0.3, -0.25) is 4.55 Å². The van der Waals surface area contributed by atoms with Gasteiger partial charge in [-0.25, -0.2) is 8.42 Å². The molecule has 1 aliphatic rings. The maximum atomic E-state index is 12.0. The van der Waals surface area contributed by atoms with Crippen LogP contribution in [0, 0.1) is 12.8 Å². The Morgan fingerprint density at radius 2 is 1.74 bits per heavy atom. The third kappa shape index (κ3) is 3.55. The maximum absolute atomic E-state index is 12.0. The van der Waals surface area contributed by atoms with E-state index in [1.54, 1.807) is 24.3 Å². The first kappa shape index (κ1) is 14.5. The average molecular weight is 304 g/mol. The molecule has 0 heterocycles. The molecule has 2 unspecified atom stereocenters. The lowest BCUT2D eigenvalue weighted by molar-refractivity contribution is 0.478. The molecule has 7 heteroatoms. The second kappa shape index (κ2) is 4.88. The molecule has 1 N–H and O–H groups in total. The first-order valence-corrected chi connectivity index (χ1v) is 9.11. The molecule has 0 bridgehead atoms. The van der Waals surface area contributed by atoms with E-state index in [9.17, 15) is 16.8 Å². The lowest BCUT2D eigenvalue weighted by Gasteiger charge is -2.04. The summed E-state index contributed by atoms with van der Waals surface area (Å²) < 4.78 is 54.6. The van der Waals surface area contributed by atoms with Crippen molar-refractivity contribution in [1.29, 1.82) is 0 Å². The summed E-state index contributed by atoms with van der Waals surface area (Å²) in [6.07, 6.45) is 0.614. The number of rotatable bonds is 5. The molecular weight excluding hydrogens is 288 g/mol. The molecule has 0 saturated heterocycles. The summed E-state index contributed by atoms with van der Waals surface area (Å²) >= 11 is 0. The first-order valence-electron chi connectivity index (χ1n) is 5.96. The standard InChI is InChI=1S/C12H16O5S2/c1-9-2-4-11(5-3-9)18(13,14)7-6-10-8-12(10)19(15,16)17/h2-5,10,12H,6-8H2,1H3,(H,15,16,17). The zero-order valence-electron chi connectivity index (χ0n) is 10.5. The highest BCUT2D eigenvalue weighted by Crippen LogP contribution is 2.39. The van der Waals surface area contributed by atoms with Crippen LogP contribution in [0.4, 0.5) is 0 Å². The number of aryl methyl sites for hydroxylation is 1. The molecule has 0 aliphatic heterocycles. The summed E-state index contributed by atoms with van der Waals surface area (Å²) in [5.74, 6) is -0.331. The lowest BCUT2D eigenvalue weighted by Crippen LogP contribution is -2.11. The van der Waals surface area contributed by atoms with Crippen molar-refractivity contribution in [3.63, 3.8) is 0 Å². The third-order valence-electron chi connectivity index (χ3n) is 3.38. The normalized spacial score (nSPS) is 23.3. The molecule has 2 rings (SSSR count). The minimum absolute atomic E-state index is 0.0905. The van der Waals surface area contributed by atoms with Crippen molar-refractivity contribution in [2.45, 2.75) is 29.9 Å². The summed E-state index contributed by atoms with van der Waals surface area (Å²) in [4.78, 5) is 0.252. The predicted molar refractivity (Wildman–Crippen MR) is 71.3 cm³/mol. The van der Waals surface area contributed by atoms with E-state index in [4.69, 9.17) is 4.55 Å². The molecule has 1 aromatic rings. The van der Waals surface area contributed by atoms with E-state index < -0.39 is 25.2 Å². The summed E-state index contributed by atoms with van der Waals surface area (Å²) in [5, 5.41) is -0.777. The third-order valence-corrected chi connectivity index (χ3v) is 6.48. The van der Waals surface area contributed by atoms with Crippen molar-refractivity contribution in [2.75, 3.05) is 5.75 Å². The Hall–Kier alpha value is -0.920. The Morgan fingerprint density at radius 3 is 2.21 bits per heavy atom. The monoisotopic (exact) mass is 304 g/mol. The topological polar surface area (TPSA) is 88.5 Å². The molecule has 1 aromatic carbocycles. The lowest BCUT2D eigenvalue weighted by atomic mass is 10.2. The highest BCUT2D eigenvalue weighted by molar-refractivity contribution is 7.91. The molecule has 1 saturated carbocycles. The van der Waals surface area contributed by atoms with Gasteiger partial charge in [0, 0.05) is 0 Å². The van der Waals surface area contributed by atoms with Gasteiger partial charge in [0.2, 0.25) is 0 Å². The van der Waals surface area contributed by atoms with Gasteiger partial charge in [-0.15, -0.1) is 0 Å².